The van der Waals surface area contributed by atoms with Gasteiger partial charge in [-0.25, -0.2) is 17.5 Å². The average molecular weight is 417 g/mol. The van der Waals surface area contributed by atoms with Crippen molar-refractivity contribution in [3.63, 3.8) is 0 Å². The van der Waals surface area contributed by atoms with Crippen LogP contribution in [-0.4, -0.2) is 44.6 Å². The second-order valence-corrected chi connectivity index (χ2v) is 9.91. The van der Waals surface area contributed by atoms with Crippen LogP contribution in [0.1, 0.15) is 29.9 Å². The quantitative estimate of drug-likeness (QED) is 0.815. The van der Waals surface area contributed by atoms with Crippen molar-refractivity contribution in [2.45, 2.75) is 31.7 Å². The number of amides is 1. The van der Waals surface area contributed by atoms with Gasteiger partial charge >= 0.3 is 0 Å². The minimum absolute atomic E-state index is 0.0628. The Morgan fingerprint density at radius 3 is 2.66 bits per heavy atom. The first-order valence-corrected chi connectivity index (χ1v) is 11.7. The number of hydrogen-bond acceptors (Lipinski definition) is 3. The van der Waals surface area contributed by atoms with E-state index in [1.54, 1.807) is 11.0 Å². The summed E-state index contributed by atoms with van der Waals surface area (Å²) >= 11 is 0. The van der Waals surface area contributed by atoms with E-state index in [2.05, 4.69) is 4.72 Å². The van der Waals surface area contributed by atoms with Crippen LogP contribution in [0.4, 0.5) is 4.39 Å². The Morgan fingerprint density at radius 2 is 1.93 bits per heavy atom. The van der Waals surface area contributed by atoms with Gasteiger partial charge in [-0.05, 0) is 48.4 Å². The molecule has 1 heterocycles. The normalized spacial score (nSPS) is 24.0. The molecule has 1 aliphatic carbocycles. The van der Waals surface area contributed by atoms with Crippen molar-refractivity contribution in [3.8, 4) is 11.1 Å². The lowest BCUT2D eigenvalue weighted by atomic mass is 9.92. The predicted molar refractivity (Wildman–Crippen MR) is 110 cm³/mol. The smallest absolute Gasteiger partial charge is 0.226 e. The number of carbonyl (C=O) groups excluding carboxylic acids is 1. The first kappa shape index (κ1) is 20.0. The fourth-order valence-electron chi connectivity index (χ4n) is 4.43. The topological polar surface area (TPSA) is 66.5 Å². The van der Waals surface area contributed by atoms with E-state index in [0.29, 0.717) is 25.1 Å². The number of rotatable bonds is 5. The van der Waals surface area contributed by atoms with E-state index in [-0.39, 0.29) is 29.6 Å². The SMILES string of the molecule is Cc1cccc(F)c1-c1ccccc1C1CC1C(=O)N1CCC(NS(C)(=O)=O)C1. The molecule has 5 nitrogen and oxygen atoms in total. The van der Waals surface area contributed by atoms with Gasteiger partial charge in [-0.1, -0.05) is 36.4 Å². The van der Waals surface area contributed by atoms with E-state index in [0.717, 1.165) is 29.4 Å². The molecular weight excluding hydrogens is 391 g/mol. The Labute approximate surface area is 171 Å². The third kappa shape index (κ3) is 4.21. The molecule has 4 rings (SSSR count). The Kier molecular flexibility index (Phi) is 5.21. The molecule has 2 aromatic carbocycles. The highest BCUT2D eigenvalue weighted by molar-refractivity contribution is 7.88. The maximum Gasteiger partial charge on any atom is 0.226 e. The first-order valence-electron chi connectivity index (χ1n) is 9.85. The van der Waals surface area contributed by atoms with Crippen molar-refractivity contribution < 1.29 is 17.6 Å². The molecule has 0 aromatic heterocycles. The van der Waals surface area contributed by atoms with Crippen LogP contribution in [0.5, 0.6) is 0 Å². The molecule has 29 heavy (non-hydrogen) atoms. The summed E-state index contributed by atoms with van der Waals surface area (Å²) in [7, 11) is -3.28. The molecule has 1 N–H and O–H groups in total. The standard InChI is InChI=1S/C22H25FN2O3S/c1-14-6-5-9-20(23)21(14)17-8-4-3-7-16(17)18-12-19(18)22(26)25-11-10-15(13-25)24-29(2,27)28/h3-9,15,18-19,24H,10-13H2,1-2H3. The van der Waals surface area contributed by atoms with Crippen LogP contribution in [0.2, 0.25) is 0 Å². The van der Waals surface area contributed by atoms with Gasteiger partial charge in [-0.15, -0.1) is 0 Å². The van der Waals surface area contributed by atoms with Crippen molar-refractivity contribution in [2.24, 2.45) is 5.92 Å². The summed E-state index contributed by atoms with van der Waals surface area (Å²) in [6.07, 6.45) is 2.50. The largest absolute Gasteiger partial charge is 0.341 e. The van der Waals surface area contributed by atoms with Crippen molar-refractivity contribution >= 4 is 15.9 Å². The molecule has 2 fully saturated rings. The zero-order valence-corrected chi connectivity index (χ0v) is 17.4. The fourth-order valence-corrected chi connectivity index (χ4v) is 5.22. The van der Waals surface area contributed by atoms with Gasteiger partial charge in [-0.3, -0.25) is 4.79 Å². The van der Waals surface area contributed by atoms with Gasteiger partial charge in [0.05, 0.1) is 6.26 Å². The highest BCUT2D eigenvalue weighted by Crippen LogP contribution is 2.51. The maximum absolute atomic E-state index is 14.5. The van der Waals surface area contributed by atoms with Crippen molar-refractivity contribution in [2.75, 3.05) is 19.3 Å². The minimum Gasteiger partial charge on any atom is -0.341 e. The molecule has 154 valence electrons. The third-order valence-electron chi connectivity index (χ3n) is 5.84. The lowest BCUT2D eigenvalue weighted by molar-refractivity contribution is -0.131. The Hall–Kier alpha value is -2.25. The maximum atomic E-state index is 14.5. The summed E-state index contributed by atoms with van der Waals surface area (Å²) in [5, 5.41) is 0. The molecule has 3 atom stereocenters. The van der Waals surface area contributed by atoms with Gasteiger partial charge in [0.1, 0.15) is 5.82 Å². The summed E-state index contributed by atoms with van der Waals surface area (Å²) in [6, 6.07) is 12.6. The Bertz CT molecular complexity index is 1030. The van der Waals surface area contributed by atoms with Gasteiger partial charge < -0.3 is 4.90 Å². The number of aryl methyl sites for hydroxylation is 1. The molecule has 0 radical (unpaired) electrons. The van der Waals surface area contributed by atoms with Crippen LogP contribution in [0.3, 0.4) is 0 Å². The van der Waals surface area contributed by atoms with E-state index in [9.17, 15) is 17.6 Å². The zero-order chi connectivity index (χ0) is 20.8. The van der Waals surface area contributed by atoms with Gasteiger partial charge in [0.25, 0.3) is 0 Å². The molecule has 0 spiro atoms. The van der Waals surface area contributed by atoms with E-state index in [1.165, 1.54) is 6.07 Å². The Balaban J connectivity index is 1.51. The van der Waals surface area contributed by atoms with Gasteiger partial charge in [0.15, 0.2) is 0 Å². The van der Waals surface area contributed by atoms with E-state index >= 15 is 0 Å². The number of sulfonamides is 1. The number of halogens is 1. The molecule has 7 heteroatoms. The van der Waals surface area contributed by atoms with Crippen molar-refractivity contribution in [3.05, 3.63) is 59.4 Å². The number of carbonyl (C=O) groups is 1. The number of nitrogens with one attached hydrogen (secondary N) is 1. The average Bonchev–Trinajstić information content (AvgIpc) is 3.32. The lowest BCUT2D eigenvalue weighted by Crippen LogP contribution is -2.38. The number of benzene rings is 2. The third-order valence-corrected chi connectivity index (χ3v) is 6.60. The highest BCUT2D eigenvalue weighted by Gasteiger charge is 2.47. The molecule has 0 bridgehead atoms. The molecule has 1 saturated carbocycles. The lowest BCUT2D eigenvalue weighted by Gasteiger charge is -2.17. The summed E-state index contributed by atoms with van der Waals surface area (Å²) in [6.45, 7) is 2.86. The summed E-state index contributed by atoms with van der Waals surface area (Å²) in [5.41, 5.74) is 3.32. The van der Waals surface area contributed by atoms with Crippen LogP contribution in [0.25, 0.3) is 11.1 Å². The Morgan fingerprint density at radius 1 is 1.17 bits per heavy atom. The van der Waals surface area contributed by atoms with Crippen LogP contribution in [-0.2, 0) is 14.8 Å². The van der Waals surface area contributed by atoms with Crippen molar-refractivity contribution in [1.82, 2.24) is 9.62 Å². The molecule has 2 aliphatic rings. The second kappa shape index (κ2) is 7.54. The summed E-state index contributed by atoms with van der Waals surface area (Å²) < 4.78 is 40.0. The predicted octanol–water partition coefficient (Wildman–Crippen LogP) is 3.05. The van der Waals surface area contributed by atoms with E-state index < -0.39 is 10.0 Å². The van der Waals surface area contributed by atoms with Gasteiger partial charge in [0, 0.05) is 30.6 Å². The van der Waals surface area contributed by atoms with Crippen LogP contribution >= 0.6 is 0 Å². The monoisotopic (exact) mass is 416 g/mol. The second-order valence-electron chi connectivity index (χ2n) is 8.13. The molecule has 1 aliphatic heterocycles. The highest BCUT2D eigenvalue weighted by atomic mass is 32.2. The van der Waals surface area contributed by atoms with Crippen LogP contribution in [0.15, 0.2) is 42.5 Å². The van der Waals surface area contributed by atoms with Gasteiger partial charge in [0.2, 0.25) is 15.9 Å². The van der Waals surface area contributed by atoms with Crippen LogP contribution in [0, 0.1) is 18.7 Å². The first-order chi connectivity index (χ1) is 13.7. The van der Waals surface area contributed by atoms with Gasteiger partial charge in [-0.2, -0.15) is 0 Å². The zero-order valence-electron chi connectivity index (χ0n) is 16.6. The molecule has 1 saturated heterocycles. The van der Waals surface area contributed by atoms with Crippen LogP contribution < -0.4 is 4.72 Å². The van der Waals surface area contributed by atoms with E-state index in [1.807, 2.05) is 37.3 Å². The molecule has 3 unspecified atom stereocenters. The van der Waals surface area contributed by atoms with Crippen molar-refractivity contribution in [1.29, 1.82) is 0 Å². The summed E-state index contributed by atoms with van der Waals surface area (Å²) in [4.78, 5) is 14.7. The summed E-state index contributed by atoms with van der Waals surface area (Å²) in [5.74, 6) is -0.247. The molecular formula is C22H25FN2O3S. The molecule has 2 aromatic rings. The number of likely N-dealkylation sites (tertiary alicyclic amines) is 1. The molecule has 1 amide bonds. The van der Waals surface area contributed by atoms with E-state index in [4.69, 9.17) is 0 Å². The minimum atomic E-state index is -3.28. The number of nitrogens with zero attached hydrogens (tertiary/aromatic N) is 1. The number of hydrogen-bond donors (Lipinski definition) is 1. The fraction of sp³-hybridized carbons (Fsp3) is 0.409.